The second kappa shape index (κ2) is 16.6. The molecule has 0 radical (unpaired) electrons. The predicted octanol–water partition coefficient (Wildman–Crippen LogP) is 5.79. The summed E-state index contributed by atoms with van der Waals surface area (Å²) in [4.78, 5) is 81.9. The number of unbranched alkanes of at least 4 members (excludes halogenated alkanes) is 3. The van der Waals surface area contributed by atoms with E-state index in [0.717, 1.165) is 66.1 Å². The molecule has 2 atom stereocenters. The summed E-state index contributed by atoms with van der Waals surface area (Å²) in [7, 11) is 0. The Morgan fingerprint density at radius 3 is 2.56 bits per heavy atom. The molecule has 2 aromatic carbocycles. The van der Waals surface area contributed by atoms with Crippen LogP contribution in [0.1, 0.15) is 95.9 Å². The Hall–Kier alpha value is -6.09. The molecule has 3 aromatic heterocycles. The summed E-state index contributed by atoms with van der Waals surface area (Å²) < 4.78 is 1.94. The largest absolute Gasteiger partial charge is 0.382 e. The van der Waals surface area contributed by atoms with Crippen molar-refractivity contribution in [2.45, 2.75) is 81.3 Å². The zero-order valence-corrected chi connectivity index (χ0v) is 32.2. The van der Waals surface area contributed by atoms with Gasteiger partial charge in [0.2, 0.25) is 17.7 Å². The van der Waals surface area contributed by atoms with Gasteiger partial charge in [0.25, 0.3) is 11.8 Å². The molecule has 6 heterocycles. The summed E-state index contributed by atoms with van der Waals surface area (Å²) in [5.41, 5.74) is 10.5. The second-order valence-electron chi connectivity index (χ2n) is 14.5. The van der Waals surface area contributed by atoms with E-state index in [4.69, 9.17) is 10.7 Å². The van der Waals surface area contributed by atoms with E-state index in [1.807, 2.05) is 45.8 Å². The van der Waals surface area contributed by atoms with Crippen LogP contribution in [-0.2, 0) is 20.9 Å². The molecule has 2 fully saturated rings. The Kier molecular flexibility index (Phi) is 11.0. The van der Waals surface area contributed by atoms with Crippen molar-refractivity contribution >= 4 is 58.5 Å². The zero-order chi connectivity index (χ0) is 39.5. The van der Waals surface area contributed by atoms with Crippen LogP contribution in [0.2, 0.25) is 0 Å². The van der Waals surface area contributed by atoms with Crippen LogP contribution in [0.25, 0.3) is 16.8 Å². The third-order valence-corrected chi connectivity index (χ3v) is 12.1. The van der Waals surface area contributed by atoms with E-state index in [-0.39, 0.29) is 36.1 Å². The van der Waals surface area contributed by atoms with Gasteiger partial charge in [-0.3, -0.25) is 33.7 Å². The molecule has 0 spiro atoms. The minimum Gasteiger partial charge on any atom is -0.382 e. The molecular formula is C42H43N9O5S. The molecule has 15 heteroatoms. The average Bonchev–Trinajstić information content (AvgIpc) is 3.95. The summed E-state index contributed by atoms with van der Waals surface area (Å²) >= 11 is 1.71. The van der Waals surface area contributed by atoms with Crippen LogP contribution in [-0.4, -0.2) is 77.0 Å². The van der Waals surface area contributed by atoms with Crippen molar-refractivity contribution in [2.75, 3.05) is 23.3 Å². The Labute approximate surface area is 333 Å². The number of hydrogen-bond acceptors (Lipinski definition) is 10. The highest BCUT2D eigenvalue weighted by molar-refractivity contribution is 7.99. The quantitative estimate of drug-likeness (QED) is 0.0750. The first kappa shape index (κ1) is 37.8. The van der Waals surface area contributed by atoms with E-state index in [9.17, 15) is 24.0 Å². The van der Waals surface area contributed by atoms with Gasteiger partial charge in [-0.2, -0.15) is 0 Å². The number of imide groups is 1. The number of nitrogens with one attached hydrogen (secondary N) is 2. The van der Waals surface area contributed by atoms with Gasteiger partial charge in [0.05, 0.1) is 6.04 Å². The highest BCUT2D eigenvalue weighted by Crippen LogP contribution is 2.38. The van der Waals surface area contributed by atoms with Gasteiger partial charge in [-0.15, -0.1) is 11.8 Å². The maximum Gasteiger partial charge on any atom is 0.256 e. The highest BCUT2D eigenvalue weighted by Gasteiger charge is 2.40. The molecule has 8 rings (SSSR count). The number of nitrogens with zero attached hydrogens (tertiary/aromatic N) is 6. The number of aromatic nitrogens is 4. The molecule has 3 aliphatic rings. The second-order valence-corrected chi connectivity index (χ2v) is 15.7. The Morgan fingerprint density at radius 1 is 0.912 bits per heavy atom. The van der Waals surface area contributed by atoms with E-state index < -0.39 is 11.9 Å². The number of nitrogens with two attached hydrogens (primary N) is 1. The number of thioether (sulfide) groups is 1. The fourth-order valence-electron chi connectivity index (χ4n) is 8.01. The van der Waals surface area contributed by atoms with E-state index in [0.29, 0.717) is 59.9 Å². The van der Waals surface area contributed by atoms with Crippen molar-refractivity contribution < 1.29 is 24.0 Å². The number of carbonyl (C=O) groups excluding carboxylic acids is 5. The van der Waals surface area contributed by atoms with Crippen LogP contribution in [0, 0.1) is 0 Å². The SMILES string of the molecule is Nc1nccn2c([C@@H]3CCCN3C(=O)CCCCCCSc3cccc4c3CN(C3CCC(=O)NC3=O)C4=O)nc(-c3ccc(C(=O)Nc4ccccn4)cc3)c12. The van der Waals surface area contributed by atoms with Crippen molar-refractivity contribution in [1.29, 1.82) is 0 Å². The highest BCUT2D eigenvalue weighted by atomic mass is 32.2. The molecule has 292 valence electrons. The molecule has 0 bridgehead atoms. The first-order valence-electron chi connectivity index (χ1n) is 19.4. The number of nitrogen functional groups attached to an aromatic ring is 1. The minimum atomic E-state index is -0.629. The normalized spacial score (nSPS) is 17.9. The molecular weight excluding hydrogens is 743 g/mol. The van der Waals surface area contributed by atoms with Gasteiger partial charge in [0.1, 0.15) is 34.7 Å². The number of pyridine rings is 1. The number of hydrogen-bond donors (Lipinski definition) is 3. The van der Waals surface area contributed by atoms with E-state index in [1.54, 1.807) is 59.4 Å². The van der Waals surface area contributed by atoms with E-state index in [1.165, 1.54) is 0 Å². The number of piperidine rings is 1. The van der Waals surface area contributed by atoms with Gasteiger partial charge in [0.15, 0.2) is 0 Å². The molecule has 0 aliphatic carbocycles. The number of fused-ring (bicyclic) bond motifs is 2. The van der Waals surface area contributed by atoms with Gasteiger partial charge < -0.3 is 20.9 Å². The van der Waals surface area contributed by atoms with Crippen LogP contribution in [0.5, 0.6) is 0 Å². The summed E-state index contributed by atoms with van der Waals surface area (Å²) in [5, 5.41) is 5.16. The summed E-state index contributed by atoms with van der Waals surface area (Å²) in [6, 6.07) is 17.4. The number of benzene rings is 2. The lowest BCUT2D eigenvalue weighted by Crippen LogP contribution is -2.52. The van der Waals surface area contributed by atoms with Gasteiger partial charge in [-0.05, 0) is 79.8 Å². The van der Waals surface area contributed by atoms with Crippen molar-refractivity contribution in [3.8, 4) is 11.3 Å². The van der Waals surface area contributed by atoms with Crippen molar-refractivity contribution in [3.63, 3.8) is 0 Å². The number of anilines is 2. The maximum atomic E-state index is 13.7. The van der Waals surface area contributed by atoms with E-state index in [2.05, 4.69) is 20.6 Å². The Bertz CT molecular complexity index is 2350. The molecule has 5 amide bonds. The average molecular weight is 786 g/mol. The van der Waals surface area contributed by atoms with Crippen LogP contribution in [0.3, 0.4) is 0 Å². The third kappa shape index (κ3) is 7.84. The fraction of sp³-hybridized carbons (Fsp3) is 0.333. The molecule has 1 unspecified atom stereocenters. The lowest BCUT2D eigenvalue weighted by atomic mass is 10.0. The molecule has 2 saturated heterocycles. The molecule has 3 aliphatic heterocycles. The van der Waals surface area contributed by atoms with E-state index >= 15 is 0 Å². The smallest absolute Gasteiger partial charge is 0.256 e. The van der Waals surface area contributed by atoms with Gasteiger partial charge in [-0.1, -0.05) is 37.1 Å². The lowest BCUT2D eigenvalue weighted by Gasteiger charge is -2.29. The number of likely N-dealkylation sites (tertiary alicyclic amines) is 1. The van der Waals surface area contributed by atoms with Gasteiger partial charge in [-0.25, -0.2) is 15.0 Å². The standard InChI is InChI=1S/C42H43N9O5S/c43-38-37-36(26-14-16-27(17-15-26)40(54)46-33-12-4-5-20-44-33)48-39(50(37)23-21-45-38)30-10-8-22-49(30)35(53)13-3-1-2-6-24-57-32-11-7-9-28-29(32)25-51(42(28)56)31-18-19-34(52)47-41(31)55/h4-5,7,9,11-12,14-17,20-21,23,30-31H,1-3,6,8,10,13,18-19,22,24-25H2,(H2,43,45)(H,44,46,54)(H,47,52,55)/t30-,31?/m0/s1. The molecule has 0 saturated carbocycles. The fourth-order valence-corrected chi connectivity index (χ4v) is 9.10. The minimum absolute atomic E-state index is 0.112. The van der Waals surface area contributed by atoms with Crippen LogP contribution in [0.4, 0.5) is 11.6 Å². The van der Waals surface area contributed by atoms with Gasteiger partial charge >= 0.3 is 0 Å². The number of amides is 5. The summed E-state index contributed by atoms with van der Waals surface area (Å²) in [6.07, 6.45) is 11.4. The first-order valence-corrected chi connectivity index (χ1v) is 20.4. The first-order chi connectivity index (χ1) is 27.8. The summed E-state index contributed by atoms with van der Waals surface area (Å²) in [6.45, 7) is 1.03. The molecule has 4 N–H and O–H groups in total. The van der Waals surface area contributed by atoms with Crippen LogP contribution >= 0.6 is 11.8 Å². The maximum absolute atomic E-state index is 13.7. The molecule has 5 aromatic rings. The lowest BCUT2D eigenvalue weighted by molar-refractivity contribution is -0.137. The monoisotopic (exact) mass is 785 g/mol. The summed E-state index contributed by atoms with van der Waals surface area (Å²) in [5.74, 6) is 1.39. The molecule has 57 heavy (non-hydrogen) atoms. The van der Waals surface area contributed by atoms with Crippen LogP contribution in [0.15, 0.2) is 84.1 Å². The Morgan fingerprint density at radius 2 is 1.75 bits per heavy atom. The van der Waals surface area contributed by atoms with Crippen molar-refractivity contribution in [3.05, 3.63) is 102 Å². The topological polar surface area (TPSA) is 185 Å². The number of imidazole rings is 1. The number of carbonyl (C=O) groups is 5. The van der Waals surface area contributed by atoms with Crippen molar-refractivity contribution in [1.82, 2.24) is 34.5 Å². The third-order valence-electron chi connectivity index (χ3n) is 10.9. The van der Waals surface area contributed by atoms with Crippen LogP contribution < -0.4 is 16.4 Å². The Balaban J connectivity index is 0.848. The zero-order valence-electron chi connectivity index (χ0n) is 31.4. The van der Waals surface area contributed by atoms with Gasteiger partial charge in [0, 0.05) is 66.1 Å². The number of rotatable bonds is 13. The van der Waals surface area contributed by atoms with Crippen molar-refractivity contribution in [2.24, 2.45) is 0 Å². The predicted molar refractivity (Wildman–Crippen MR) is 215 cm³/mol. The molecule has 14 nitrogen and oxygen atoms in total.